The molecular weight excluding hydrogens is 195 g/mol. The number of alkyl halides is 3. The quantitative estimate of drug-likeness (QED) is 0.740. The minimum atomic E-state index is -4.27. The molecule has 3 nitrogen and oxygen atoms in total. The van der Waals surface area contributed by atoms with E-state index in [0.29, 0.717) is 0 Å². The Kier molecular flexibility index (Phi) is 3.98. The molecular formula is C5H10F3NO2S. The van der Waals surface area contributed by atoms with E-state index >= 15 is 0 Å². The van der Waals surface area contributed by atoms with E-state index in [0.717, 1.165) is 0 Å². The molecule has 0 aromatic carbocycles. The Morgan fingerprint density at radius 1 is 1.33 bits per heavy atom. The van der Waals surface area contributed by atoms with Crippen molar-refractivity contribution in [1.29, 1.82) is 0 Å². The van der Waals surface area contributed by atoms with E-state index in [4.69, 9.17) is 0 Å². The van der Waals surface area contributed by atoms with Gasteiger partial charge in [0.25, 0.3) is 0 Å². The van der Waals surface area contributed by atoms with Crippen LogP contribution in [0.5, 0.6) is 0 Å². The third-order valence-corrected chi connectivity index (χ3v) is 2.63. The van der Waals surface area contributed by atoms with Crippen LogP contribution in [0, 0.1) is 0 Å². The lowest BCUT2D eigenvalue weighted by atomic mass is 10.3. The van der Waals surface area contributed by atoms with Gasteiger partial charge in [-0.25, -0.2) is 13.1 Å². The molecule has 74 valence electrons. The normalized spacial score (nSPS) is 13.3. The molecule has 0 atom stereocenters. The summed E-state index contributed by atoms with van der Waals surface area (Å²) in [7, 11) is -2.32. The van der Waals surface area contributed by atoms with Crippen LogP contribution in [0.25, 0.3) is 0 Å². The fourth-order valence-electron chi connectivity index (χ4n) is 0.565. The van der Waals surface area contributed by atoms with Crippen molar-refractivity contribution in [1.82, 2.24) is 4.72 Å². The zero-order valence-corrected chi connectivity index (χ0v) is 7.30. The van der Waals surface area contributed by atoms with Crippen molar-refractivity contribution in [2.45, 2.75) is 19.0 Å². The molecule has 0 unspecified atom stereocenters. The van der Waals surface area contributed by atoms with Crippen LogP contribution >= 0.6 is 0 Å². The van der Waals surface area contributed by atoms with Gasteiger partial charge in [-0.2, -0.15) is 13.2 Å². The van der Waals surface area contributed by atoms with E-state index in [1.54, 1.807) is 0 Å². The van der Waals surface area contributed by atoms with E-state index < -0.39 is 34.8 Å². The molecule has 1 N–H and O–H groups in total. The fraction of sp³-hybridized carbons (Fsp3) is 1.00. The Labute approximate surface area is 69.0 Å². The maximum atomic E-state index is 11.5. The van der Waals surface area contributed by atoms with Gasteiger partial charge in [-0.3, -0.25) is 0 Å². The highest BCUT2D eigenvalue weighted by Crippen LogP contribution is 2.21. The second-order valence-corrected chi connectivity index (χ2v) is 4.29. The molecule has 0 fully saturated rings. The average molecular weight is 205 g/mol. The monoisotopic (exact) mass is 205 g/mol. The van der Waals surface area contributed by atoms with Crippen LogP contribution in [-0.2, 0) is 10.0 Å². The first-order valence-corrected chi connectivity index (χ1v) is 4.90. The van der Waals surface area contributed by atoms with E-state index in [9.17, 15) is 21.6 Å². The van der Waals surface area contributed by atoms with Gasteiger partial charge in [0.15, 0.2) is 0 Å². The third kappa shape index (κ3) is 6.41. The van der Waals surface area contributed by atoms with E-state index in [1.807, 2.05) is 4.72 Å². The summed E-state index contributed by atoms with van der Waals surface area (Å²) in [5.41, 5.74) is 0. The summed E-state index contributed by atoms with van der Waals surface area (Å²) in [6, 6.07) is 0. The van der Waals surface area contributed by atoms with Crippen molar-refractivity contribution < 1.29 is 21.6 Å². The second-order valence-electron chi connectivity index (χ2n) is 2.24. The van der Waals surface area contributed by atoms with Crippen LogP contribution in [0.1, 0.15) is 12.8 Å². The maximum absolute atomic E-state index is 11.5. The van der Waals surface area contributed by atoms with Gasteiger partial charge >= 0.3 is 6.18 Å². The third-order valence-electron chi connectivity index (χ3n) is 1.18. The maximum Gasteiger partial charge on any atom is 0.389 e. The van der Waals surface area contributed by atoms with Crippen molar-refractivity contribution in [2.24, 2.45) is 0 Å². The lowest BCUT2D eigenvalue weighted by Gasteiger charge is -2.05. The van der Waals surface area contributed by atoms with Crippen LogP contribution in [0.3, 0.4) is 0 Å². The molecule has 0 bridgehead atoms. The van der Waals surface area contributed by atoms with Crippen LogP contribution in [0.15, 0.2) is 0 Å². The lowest BCUT2D eigenvalue weighted by molar-refractivity contribution is -0.134. The molecule has 0 aromatic heterocycles. The molecule has 0 aromatic rings. The van der Waals surface area contributed by atoms with Crippen molar-refractivity contribution in [2.75, 3.05) is 12.8 Å². The highest BCUT2D eigenvalue weighted by atomic mass is 32.2. The molecule has 0 saturated carbocycles. The molecule has 0 aliphatic rings. The number of rotatable bonds is 4. The highest BCUT2D eigenvalue weighted by molar-refractivity contribution is 7.89. The lowest BCUT2D eigenvalue weighted by Crippen LogP contribution is -2.23. The molecule has 12 heavy (non-hydrogen) atoms. The van der Waals surface area contributed by atoms with E-state index in [2.05, 4.69) is 0 Å². The molecule has 0 aliphatic carbocycles. The van der Waals surface area contributed by atoms with Gasteiger partial charge in [0, 0.05) is 6.42 Å². The zero-order chi connectivity index (χ0) is 9.83. The van der Waals surface area contributed by atoms with Gasteiger partial charge in [0.1, 0.15) is 0 Å². The van der Waals surface area contributed by atoms with E-state index in [1.165, 1.54) is 7.05 Å². The summed E-state index contributed by atoms with van der Waals surface area (Å²) in [6.45, 7) is 0. The first-order chi connectivity index (χ1) is 5.27. The van der Waals surface area contributed by atoms with Gasteiger partial charge < -0.3 is 0 Å². The van der Waals surface area contributed by atoms with Crippen molar-refractivity contribution >= 4 is 10.0 Å². The van der Waals surface area contributed by atoms with Gasteiger partial charge in [-0.1, -0.05) is 0 Å². The van der Waals surface area contributed by atoms with Gasteiger partial charge in [-0.15, -0.1) is 0 Å². The Balaban J connectivity index is 3.73. The first kappa shape index (κ1) is 11.7. The average Bonchev–Trinajstić information content (AvgIpc) is 1.84. The minimum absolute atomic E-state index is 0.396. The van der Waals surface area contributed by atoms with Crippen LogP contribution in [0.2, 0.25) is 0 Å². The van der Waals surface area contributed by atoms with Crippen LogP contribution in [-0.4, -0.2) is 27.4 Å². The fourth-order valence-corrected chi connectivity index (χ4v) is 1.29. The molecule has 7 heteroatoms. The topological polar surface area (TPSA) is 46.2 Å². The SMILES string of the molecule is CNS(=O)(=O)CCCC(F)(F)F. The largest absolute Gasteiger partial charge is 0.389 e. The minimum Gasteiger partial charge on any atom is -0.218 e. The van der Waals surface area contributed by atoms with Crippen molar-refractivity contribution in [3.63, 3.8) is 0 Å². The van der Waals surface area contributed by atoms with Crippen molar-refractivity contribution in [3.05, 3.63) is 0 Å². The van der Waals surface area contributed by atoms with Crippen LogP contribution in [0.4, 0.5) is 13.2 Å². The Morgan fingerprint density at radius 3 is 2.17 bits per heavy atom. The van der Waals surface area contributed by atoms with Gasteiger partial charge in [0.2, 0.25) is 10.0 Å². The number of hydrogen-bond acceptors (Lipinski definition) is 2. The molecule has 0 radical (unpaired) electrons. The summed E-state index contributed by atoms with van der Waals surface area (Å²) in [6.07, 6.45) is -5.73. The van der Waals surface area contributed by atoms with E-state index in [-0.39, 0.29) is 0 Å². The molecule has 0 rings (SSSR count). The Bertz CT molecular complexity index is 221. The summed E-state index contributed by atoms with van der Waals surface area (Å²) < 4.78 is 57.7. The number of hydrogen-bond donors (Lipinski definition) is 1. The smallest absolute Gasteiger partial charge is 0.218 e. The second kappa shape index (κ2) is 4.08. The Morgan fingerprint density at radius 2 is 1.83 bits per heavy atom. The number of sulfonamides is 1. The summed E-state index contributed by atoms with van der Waals surface area (Å²) in [4.78, 5) is 0. The highest BCUT2D eigenvalue weighted by Gasteiger charge is 2.27. The first-order valence-electron chi connectivity index (χ1n) is 3.25. The molecule has 0 aliphatic heterocycles. The van der Waals surface area contributed by atoms with Gasteiger partial charge in [0.05, 0.1) is 5.75 Å². The summed E-state index contributed by atoms with van der Waals surface area (Å²) >= 11 is 0. The standard InChI is InChI=1S/C5H10F3NO2S/c1-9-12(10,11)4-2-3-5(6,7)8/h9H,2-4H2,1H3. The summed E-state index contributed by atoms with van der Waals surface area (Å²) in [5, 5.41) is 0. The summed E-state index contributed by atoms with van der Waals surface area (Å²) in [5.74, 6) is -0.483. The van der Waals surface area contributed by atoms with Crippen molar-refractivity contribution in [3.8, 4) is 0 Å². The predicted octanol–water partition coefficient (Wildman–Crippen LogP) is 0.878. The number of nitrogens with one attached hydrogen (secondary N) is 1. The molecule has 0 heterocycles. The zero-order valence-electron chi connectivity index (χ0n) is 6.48. The predicted molar refractivity (Wildman–Crippen MR) is 38.1 cm³/mol. The number of halogens is 3. The molecule has 0 amide bonds. The van der Waals surface area contributed by atoms with Crippen LogP contribution < -0.4 is 4.72 Å². The Hall–Kier alpha value is -0.300. The molecule has 0 spiro atoms. The molecule has 0 saturated heterocycles. The van der Waals surface area contributed by atoms with Gasteiger partial charge in [-0.05, 0) is 13.5 Å².